The molecule has 238 valence electrons. The molecule has 3 heterocycles. The van der Waals surface area contributed by atoms with Crippen LogP contribution in [-0.4, -0.2) is 4.98 Å². The normalized spacial score (nSPS) is 13.6. The number of hydrogen-bond acceptors (Lipinski definition) is 3. The minimum atomic E-state index is -0.381. The Balaban J connectivity index is 1.19. The van der Waals surface area contributed by atoms with Gasteiger partial charge in [-0.25, -0.2) is 4.98 Å². The molecule has 0 unspecified atom stereocenters. The Morgan fingerprint density at radius 3 is 1.78 bits per heavy atom. The van der Waals surface area contributed by atoms with Gasteiger partial charge in [0, 0.05) is 41.1 Å². The average molecular weight is 684 g/mol. The molecule has 1 aliphatic carbocycles. The number of benzene rings is 7. The molecular formula is C48H29NS2. The second-order valence-electron chi connectivity index (χ2n) is 13.4. The van der Waals surface area contributed by atoms with Gasteiger partial charge in [-0.2, -0.15) is 0 Å². The minimum absolute atomic E-state index is 0.381. The molecular weight excluding hydrogens is 655 g/mol. The summed E-state index contributed by atoms with van der Waals surface area (Å²) < 4.78 is 2.63. The van der Waals surface area contributed by atoms with Crippen molar-refractivity contribution < 1.29 is 0 Å². The van der Waals surface area contributed by atoms with Gasteiger partial charge in [-0.1, -0.05) is 163 Å². The summed E-state index contributed by atoms with van der Waals surface area (Å²) in [5, 5.41) is 2.57. The lowest BCUT2D eigenvalue weighted by molar-refractivity contribution is 0.726. The van der Waals surface area contributed by atoms with E-state index in [1.807, 2.05) is 23.1 Å². The van der Waals surface area contributed by atoms with Crippen LogP contribution in [0.4, 0.5) is 0 Å². The Morgan fingerprint density at radius 1 is 0.431 bits per heavy atom. The van der Waals surface area contributed by atoms with E-state index in [9.17, 15) is 0 Å². The largest absolute Gasteiger partial charge is 0.248 e. The SMILES string of the molecule is c1ccc(-c2cc(-c3ccccc3)nc(-c3cccc4sc5c6c(ccc5c34)C3(c4ccccc4S6)c4ccccc4-c4ccccc43)c2)cc1. The molecule has 0 N–H and O–H groups in total. The maximum absolute atomic E-state index is 5.36. The van der Waals surface area contributed by atoms with E-state index in [0.29, 0.717) is 0 Å². The van der Waals surface area contributed by atoms with Crippen molar-refractivity contribution in [1.29, 1.82) is 0 Å². The molecule has 0 fully saturated rings. The molecule has 0 atom stereocenters. The van der Waals surface area contributed by atoms with Crippen LogP contribution in [0.25, 0.3) is 64.9 Å². The molecule has 11 rings (SSSR count). The second kappa shape index (κ2) is 11.1. The van der Waals surface area contributed by atoms with Crippen molar-refractivity contribution in [2.24, 2.45) is 0 Å². The predicted octanol–water partition coefficient (Wildman–Crippen LogP) is 13.3. The third-order valence-electron chi connectivity index (χ3n) is 10.8. The van der Waals surface area contributed by atoms with Crippen LogP contribution in [0.5, 0.6) is 0 Å². The van der Waals surface area contributed by atoms with Crippen LogP contribution in [0, 0.1) is 0 Å². The molecule has 0 saturated heterocycles. The maximum Gasteiger partial charge on any atom is 0.0735 e. The smallest absolute Gasteiger partial charge is 0.0735 e. The summed E-state index contributed by atoms with van der Waals surface area (Å²) in [6.45, 7) is 0. The summed E-state index contributed by atoms with van der Waals surface area (Å²) in [5.41, 5.74) is 14.4. The van der Waals surface area contributed by atoms with Crippen LogP contribution >= 0.6 is 23.1 Å². The third kappa shape index (κ3) is 4.14. The Morgan fingerprint density at radius 2 is 1.04 bits per heavy atom. The van der Waals surface area contributed by atoms with Crippen LogP contribution < -0.4 is 0 Å². The van der Waals surface area contributed by atoms with Crippen molar-refractivity contribution in [3.8, 4) is 44.8 Å². The van der Waals surface area contributed by atoms with E-state index in [1.165, 1.54) is 80.0 Å². The van der Waals surface area contributed by atoms with Crippen molar-refractivity contribution in [3.05, 3.63) is 198 Å². The maximum atomic E-state index is 5.36. The Bertz CT molecular complexity index is 2730. The summed E-state index contributed by atoms with van der Waals surface area (Å²) in [4.78, 5) is 8.05. The zero-order chi connectivity index (χ0) is 33.5. The molecule has 51 heavy (non-hydrogen) atoms. The highest BCUT2D eigenvalue weighted by Crippen LogP contribution is 2.63. The summed E-state index contributed by atoms with van der Waals surface area (Å²) in [6, 6.07) is 64.4. The number of fused-ring (bicyclic) bond motifs is 13. The number of thiophene rings is 1. The zero-order valence-electron chi connectivity index (χ0n) is 27.5. The molecule has 9 aromatic rings. The van der Waals surface area contributed by atoms with E-state index in [4.69, 9.17) is 4.98 Å². The first-order chi connectivity index (χ1) is 25.3. The first-order valence-electron chi connectivity index (χ1n) is 17.4. The molecule has 3 heteroatoms. The first kappa shape index (κ1) is 29.0. The summed E-state index contributed by atoms with van der Waals surface area (Å²) >= 11 is 3.85. The van der Waals surface area contributed by atoms with Crippen molar-refractivity contribution in [2.75, 3.05) is 0 Å². The van der Waals surface area contributed by atoms with Crippen LogP contribution in [0.2, 0.25) is 0 Å². The Kier molecular flexibility index (Phi) is 6.34. The van der Waals surface area contributed by atoms with Crippen LogP contribution in [0.3, 0.4) is 0 Å². The van der Waals surface area contributed by atoms with Gasteiger partial charge in [0.1, 0.15) is 0 Å². The molecule has 2 aliphatic rings. The molecule has 1 spiro atoms. The highest BCUT2D eigenvalue weighted by molar-refractivity contribution is 8.00. The number of pyridine rings is 1. The number of hydrogen-bond donors (Lipinski definition) is 0. The topological polar surface area (TPSA) is 12.9 Å². The van der Waals surface area contributed by atoms with Gasteiger partial charge in [0.15, 0.2) is 0 Å². The van der Waals surface area contributed by atoms with Gasteiger partial charge >= 0.3 is 0 Å². The minimum Gasteiger partial charge on any atom is -0.248 e. The molecule has 7 aromatic carbocycles. The summed E-state index contributed by atoms with van der Waals surface area (Å²) in [5.74, 6) is 0. The van der Waals surface area contributed by atoms with Crippen LogP contribution in [0.15, 0.2) is 186 Å². The monoisotopic (exact) mass is 683 g/mol. The van der Waals surface area contributed by atoms with E-state index in [1.54, 1.807) is 0 Å². The molecule has 0 bridgehead atoms. The predicted molar refractivity (Wildman–Crippen MR) is 215 cm³/mol. The zero-order valence-corrected chi connectivity index (χ0v) is 29.1. The van der Waals surface area contributed by atoms with Crippen molar-refractivity contribution in [1.82, 2.24) is 4.98 Å². The van der Waals surface area contributed by atoms with Gasteiger partial charge in [-0.05, 0) is 68.8 Å². The molecule has 1 nitrogen and oxygen atoms in total. The average Bonchev–Trinajstić information content (AvgIpc) is 3.73. The van der Waals surface area contributed by atoms with Gasteiger partial charge in [0.25, 0.3) is 0 Å². The van der Waals surface area contributed by atoms with Gasteiger partial charge in [-0.3, -0.25) is 0 Å². The fourth-order valence-electron chi connectivity index (χ4n) is 8.63. The number of nitrogens with zero attached hydrogens (tertiary/aromatic N) is 1. The molecule has 2 aromatic heterocycles. The summed E-state index contributed by atoms with van der Waals surface area (Å²) in [7, 11) is 0. The highest BCUT2D eigenvalue weighted by atomic mass is 32.2. The molecule has 0 radical (unpaired) electrons. The highest BCUT2D eigenvalue weighted by Gasteiger charge is 2.50. The van der Waals surface area contributed by atoms with Gasteiger partial charge in [0.2, 0.25) is 0 Å². The lowest BCUT2D eigenvalue weighted by Gasteiger charge is -2.39. The van der Waals surface area contributed by atoms with Crippen molar-refractivity contribution >= 4 is 43.3 Å². The lowest BCUT2D eigenvalue weighted by atomic mass is 9.67. The fraction of sp³-hybridized carbons (Fsp3) is 0.0208. The molecule has 1 aliphatic heterocycles. The molecule has 0 saturated carbocycles. The van der Waals surface area contributed by atoms with E-state index in [0.717, 1.165) is 17.0 Å². The fourth-order valence-corrected chi connectivity index (χ4v) is 11.3. The molecule has 0 amide bonds. The van der Waals surface area contributed by atoms with Crippen LogP contribution in [0.1, 0.15) is 22.3 Å². The van der Waals surface area contributed by atoms with Gasteiger partial charge in [0.05, 0.1) is 16.8 Å². The standard InChI is InChI=1S/C48H29NS2/c1-3-14-30(15-4-1)32-28-41(31-16-5-2-6-17-31)49-42(29-32)35-20-13-25-44-45(35)36-26-27-40-47(46(36)51-44)50-43-24-12-11-23-39(43)48(40)37-21-9-7-18-33(37)34-19-8-10-22-38(34)48/h1-29H. The van der Waals surface area contributed by atoms with E-state index in [2.05, 4.69) is 176 Å². The number of aromatic nitrogens is 1. The van der Waals surface area contributed by atoms with E-state index in [-0.39, 0.29) is 5.41 Å². The lowest BCUT2D eigenvalue weighted by Crippen LogP contribution is -2.31. The third-order valence-corrected chi connectivity index (χ3v) is 13.3. The van der Waals surface area contributed by atoms with Crippen molar-refractivity contribution in [2.45, 2.75) is 15.2 Å². The van der Waals surface area contributed by atoms with Crippen molar-refractivity contribution in [3.63, 3.8) is 0 Å². The van der Waals surface area contributed by atoms with E-state index < -0.39 is 0 Å². The first-order valence-corrected chi connectivity index (χ1v) is 19.0. The van der Waals surface area contributed by atoms with E-state index >= 15 is 0 Å². The van der Waals surface area contributed by atoms with Gasteiger partial charge < -0.3 is 0 Å². The summed E-state index contributed by atoms with van der Waals surface area (Å²) in [6.07, 6.45) is 0. The van der Waals surface area contributed by atoms with Crippen LogP contribution in [-0.2, 0) is 5.41 Å². The Labute approximate surface area is 304 Å². The quantitative estimate of drug-likeness (QED) is 0.184. The Hall–Kier alpha value is -5.74. The van der Waals surface area contributed by atoms with Gasteiger partial charge in [-0.15, -0.1) is 11.3 Å². The second-order valence-corrected chi connectivity index (χ2v) is 15.5. The number of rotatable bonds is 3.